The van der Waals surface area contributed by atoms with Crippen LogP contribution in [-0.4, -0.2) is 5.78 Å². The lowest BCUT2D eigenvalue weighted by Crippen LogP contribution is -2.05. The van der Waals surface area contributed by atoms with E-state index in [0.717, 1.165) is 0 Å². The molecule has 0 spiro atoms. The van der Waals surface area contributed by atoms with Gasteiger partial charge >= 0.3 is 0 Å². The van der Waals surface area contributed by atoms with Gasteiger partial charge in [-0.1, -0.05) is 37.0 Å². The number of hydrogen-bond acceptors (Lipinski definition) is 2. The zero-order valence-corrected chi connectivity index (χ0v) is 11.5. The Morgan fingerprint density at radius 3 is 2.56 bits per heavy atom. The van der Waals surface area contributed by atoms with Crippen LogP contribution in [0.15, 0.2) is 34.7 Å². The van der Waals surface area contributed by atoms with Crippen molar-refractivity contribution in [3.05, 3.63) is 46.1 Å². The van der Waals surface area contributed by atoms with Crippen LogP contribution in [0.4, 0.5) is 0 Å². The van der Waals surface area contributed by atoms with Gasteiger partial charge in [0, 0.05) is 16.5 Å². The van der Waals surface area contributed by atoms with Gasteiger partial charge < -0.3 is 4.42 Å². The van der Waals surface area contributed by atoms with E-state index < -0.39 is 0 Å². The molecule has 0 unspecified atom stereocenters. The van der Waals surface area contributed by atoms with Crippen molar-refractivity contribution < 1.29 is 9.21 Å². The molecular weight excluding hydrogens is 271 g/mol. The summed E-state index contributed by atoms with van der Waals surface area (Å²) in [5, 5.41) is 1.11. The monoisotopic (exact) mass is 282 g/mol. The highest BCUT2D eigenvalue weighted by atomic mass is 35.5. The summed E-state index contributed by atoms with van der Waals surface area (Å²) in [4.78, 5) is 11.8. The first-order valence-corrected chi connectivity index (χ1v) is 6.34. The molecule has 1 heterocycles. The molecule has 2 rings (SSSR count). The average molecular weight is 283 g/mol. The molecule has 0 aliphatic heterocycles. The molecule has 0 saturated heterocycles. The van der Waals surface area contributed by atoms with Crippen LogP contribution in [0.25, 0.3) is 11.3 Å². The number of benzene rings is 1. The average Bonchev–Trinajstić information content (AvgIpc) is 2.80. The van der Waals surface area contributed by atoms with E-state index >= 15 is 0 Å². The van der Waals surface area contributed by atoms with Gasteiger partial charge in [-0.25, -0.2) is 0 Å². The van der Waals surface area contributed by atoms with Crippen LogP contribution >= 0.6 is 23.2 Å². The van der Waals surface area contributed by atoms with Crippen molar-refractivity contribution in [1.82, 2.24) is 0 Å². The molecule has 2 nitrogen and oxygen atoms in total. The van der Waals surface area contributed by atoms with Crippen LogP contribution < -0.4 is 0 Å². The SMILES string of the molecule is CC(C)C(=O)c1ccc(-c2cc(Cl)ccc2Cl)o1. The third kappa shape index (κ3) is 2.60. The number of carbonyl (C=O) groups is 1. The number of hydrogen-bond donors (Lipinski definition) is 0. The summed E-state index contributed by atoms with van der Waals surface area (Å²) in [6.45, 7) is 3.66. The fourth-order valence-electron chi connectivity index (χ4n) is 1.59. The first-order chi connectivity index (χ1) is 8.49. The van der Waals surface area contributed by atoms with E-state index in [4.69, 9.17) is 27.6 Å². The summed E-state index contributed by atoms with van der Waals surface area (Å²) >= 11 is 12.0. The summed E-state index contributed by atoms with van der Waals surface area (Å²) in [6.07, 6.45) is 0. The summed E-state index contributed by atoms with van der Waals surface area (Å²) in [5.41, 5.74) is 0.687. The normalized spacial score (nSPS) is 10.9. The van der Waals surface area contributed by atoms with Crippen LogP contribution in [0, 0.1) is 5.92 Å². The first kappa shape index (κ1) is 13.2. The van der Waals surface area contributed by atoms with Crippen molar-refractivity contribution in [2.45, 2.75) is 13.8 Å². The van der Waals surface area contributed by atoms with Crippen LogP contribution in [0.1, 0.15) is 24.4 Å². The number of Topliss-reactive ketones (excluding diaryl/α,β-unsaturated/α-hetero) is 1. The smallest absolute Gasteiger partial charge is 0.200 e. The minimum atomic E-state index is -0.0983. The summed E-state index contributed by atoms with van der Waals surface area (Å²) in [5.74, 6) is 0.765. The highest BCUT2D eigenvalue weighted by Crippen LogP contribution is 2.32. The third-order valence-electron chi connectivity index (χ3n) is 2.57. The van der Waals surface area contributed by atoms with E-state index in [1.54, 1.807) is 30.3 Å². The van der Waals surface area contributed by atoms with Crippen LogP contribution in [0.5, 0.6) is 0 Å². The maximum atomic E-state index is 11.8. The molecule has 0 atom stereocenters. The highest BCUT2D eigenvalue weighted by molar-refractivity contribution is 6.35. The van der Waals surface area contributed by atoms with Crippen LogP contribution in [0.3, 0.4) is 0 Å². The molecule has 0 fully saturated rings. The summed E-state index contributed by atoms with van der Waals surface area (Å²) < 4.78 is 5.54. The Balaban J connectivity index is 2.41. The van der Waals surface area contributed by atoms with Crippen molar-refractivity contribution >= 4 is 29.0 Å². The van der Waals surface area contributed by atoms with Gasteiger partial charge in [0.2, 0.25) is 5.78 Å². The molecular formula is C14H12Cl2O2. The molecule has 18 heavy (non-hydrogen) atoms. The quantitative estimate of drug-likeness (QED) is 0.734. The molecule has 2 aromatic rings. The molecule has 1 aromatic carbocycles. The predicted octanol–water partition coefficient (Wildman–Crippen LogP) is 5.09. The number of furan rings is 1. The van der Waals surface area contributed by atoms with E-state index in [0.29, 0.717) is 27.1 Å². The topological polar surface area (TPSA) is 30.2 Å². The first-order valence-electron chi connectivity index (χ1n) is 5.58. The fourth-order valence-corrected chi connectivity index (χ4v) is 1.97. The number of ketones is 1. The van der Waals surface area contributed by atoms with Gasteiger partial charge in [0.15, 0.2) is 5.76 Å². The number of halogens is 2. The Hall–Kier alpha value is -1.25. The van der Waals surface area contributed by atoms with Gasteiger partial charge in [-0.15, -0.1) is 0 Å². The van der Waals surface area contributed by atoms with E-state index in [-0.39, 0.29) is 11.7 Å². The van der Waals surface area contributed by atoms with Gasteiger partial charge in [-0.3, -0.25) is 4.79 Å². The molecule has 0 N–H and O–H groups in total. The second kappa shape index (κ2) is 5.17. The molecule has 1 aromatic heterocycles. The van der Waals surface area contributed by atoms with Crippen molar-refractivity contribution in [2.24, 2.45) is 5.92 Å². The maximum Gasteiger partial charge on any atom is 0.200 e. The predicted molar refractivity (Wildman–Crippen MR) is 73.3 cm³/mol. The molecule has 0 radical (unpaired) electrons. The lowest BCUT2D eigenvalue weighted by molar-refractivity contribution is 0.0912. The summed E-state index contributed by atoms with van der Waals surface area (Å²) in [6, 6.07) is 8.51. The molecule has 94 valence electrons. The zero-order valence-electron chi connectivity index (χ0n) is 10.0. The lowest BCUT2D eigenvalue weighted by atomic mass is 10.1. The maximum absolute atomic E-state index is 11.8. The van der Waals surface area contributed by atoms with E-state index in [1.807, 2.05) is 13.8 Å². The molecule has 0 saturated carbocycles. The highest BCUT2D eigenvalue weighted by Gasteiger charge is 2.16. The van der Waals surface area contributed by atoms with Gasteiger partial charge in [0.05, 0.1) is 5.02 Å². The van der Waals surface area contributed by atoms with Gasteiger partial charge in [-0.2, -0.15) is 0 Å². The van der Waals surface area contributed by atoms with Crippen molar-refractivity contribution in [3.63, 3.8) is 0 Å². The Morgan fingerprint density at radius 1 is 1.17 bits per heavy atom. The Kier molecular flexibility index (Phi) is 3.79. The fraction of sp³-hybridized carbons (Fsp3) is 0.214. The molecule has 0 bridgehead atoms. The van der Waals surface area contributed by atoms with Gasteiger partial charge in [0.25, 0.3) is 0 Å². The van der Waals surface area contributed by atoms with Crippen LogP contribution in [-0.2, 0) is 0 Å². The molecule has 4 heteroatoms. The number of rotatable bonds is 3. The largest absolute Gasteiger partial charge is 0.453 e. The molecule has 0 aliphatic carbocycles. The lowest BCUT2D eigenvalue weighted by Gasteiger charge is -2.02. The van der Waals surface area contributed by atoms with Gasteiger partial charge in [0.1, 0.15) is 5.76 Å². The standard InChI is InChI=1S/C14H12Cl2O2/c1-8(2)14(17)13-6-5-12(18-13)10-7-9(15)3-4-11(10)16/h3-8H,1-2H3. The Labute approximate surface area is 116 Å². The second-order valence-electron chi connectivity index (χ2n) is 4.31. The van der Waals surface area contributed by atoms with Crippen molar-refractivity contribution in [2.75, 3.05) is 0 Å². The van der Waals surface area contributed by atoms with Gasteiger partial charge in [-0.05, 0) is 30.3 Å². The third-order valence-corrected chi connectivity index (χ3v) is 3.13. The second-order valence-corrected chi connectivity index (χ2v) is 5.15. The minimum Gasteiger partial charge on any atom is -0.453 e. The molecule has 0 amide bonds. The number of carbonyl (C=O) groups excluding carboxylic acids is 1. The van der Waals surface area contributed by atoms with E-state index in [9.17, 15) is 4.79 Å². The van der Waals surface area contributed by atoms with Crippen molar-refractivity contribution in [1.29, 1.82) is 0 Å². The van der Waals surface area contributed by atoms with Crippen LogP contribution in [0.2, 0.25) is 10.0 Å². The van der Waals surface area contributed by atoms with Crippen molar-refractivity contribution in [3.8, 4) is 11.3 Å². The minimum absolute atomic E-state index is 0.0283. The van der Waals surface area contributed by atoms with E-state index in [2.05, 4.69) is 0 Å². The Morgan fingerprint density at radius 2 is 1.89 bits per heavy atom. The Bertz CT molecular complexity index is 585. The van der Waals surface area contributed by atoms with E-state index in [1.165, 1.54) is 0 Å². The molecule has 0 aliphatic rings. The zero-order chi connectivity index (χ0) is 13.3. The summed E-state index contributed by atoms with van der Waals surface area (Å²) in [7, 11) is 0.